The van der Waals surface area contributed by atoms with Gasteiger partial charge in [0.25, 0.3) is 0 Å². The van der Waals surface area contributed by atoms with Gasteiger partial charge in [-0.3, -0.25) is 5.10 Å². The quantitative estimate of drug-likeness (QED) is 0.707. The van der Waals surface area contributed by atoms with Crippen molar-refractivity contribution in [2.24, 2.45) is 0 Å². The molecule has 0 spiro atoms. The molecule has 1 heterocycles. The molecule has 106 valence electrons. The van der Waals surface area contributed by atoms with E-state index in [9.17, 15) is 4.39 Å². The van der Waals surface area contributed by atoms with E-state index in [0.717, 1.165) is 11.1 Å². The molecule has 0 bridgehead atoms. The maximum absolute atomic E-state index is 13.9. The Hall–Kier alpha value is -2.40. The largest absolute Gasteiger partial charge is 0.398 e. The van der Waals surface area contributed by atoms with Gasteiger partial charge in [0, 0.05) is 11.3 Å². The molecule has 0 radical (unpaired) electrons. The Morgan fingerprint density at radius 3 is 2.76 bits per heavy atom. The van der Waals surface area contributed by atoms with Crippen LogP contribution in [0.15, 0.2) is 36.4 Å². The van der Waals surface area contributed by atoms with Crippen LogP contribution in [0.3, 0.4) is 0 Å². The smallest absolute Gasteiger partial charge is 0.181 e. The lowest BCUT2D eigenvalue weighted by molar-refractivity contribution is 0.630. The second-order valence-corrected chi connectivity index (χ2v) is 5.08. The van der Waals surface area contributed by atoms with Crippen LogP contribution in [-0.2, 0) is 0 Å². The van der Waals surface area contributed by atoms with Crippen LogP contribution in [-0.4, -0.2) is 15.2 Å². The number of benzene rings is 2. The number of nitrogen functional groups attached to an aromatic ring is 1. The minimum Gasteiger partial charge on any atom is -0.398 e. The number of aromatic nitrogens is 3. The van der Waals surface area contributed by atoms with Gasteiger partial charge >= 0.3 is 0 Å². The summed E-state index contributed by atoms with van der Waals surface area (Å²) in [5, 5.41) is 7.09. The van der Waals surface area contributed by atoms with Crippen LogP contribution in [0.2, 0.25) is 5.02 Å². The predicted molar refractivity (Wildman–Crippen MR) is 81.4 cm³/mol. The van der Waals surface area contributed by atoms with E-state index in [1.165, 1.54) is 6.07 Å². The second kappa shape index (κ2) is 5.18. The monoisotopic (exact) mass is 302 g/mol. The molecule has 0 unspecified atom stereocenters. The molecule has 0 saturated carbocycles. The van der Waals surface area contributed by atoms with Crippen molar-refractivity contribution < 1.29 is 4.39 Å². The standard InChI is InChI=1S/C15H12ClFN4/c1-8-5-6-9(7-12(8)18)14-19-15(21-20-14)13-10(16)3-2-4-11(13)17/h2-7H,18H2,1H3,(H,19,20,21). The normalized spacial score (nSPS) is 10.8. The Bertz CT molecular complexity index is 793. The van der Waals surface area contributed by atoms with Crippen molar-refractivity contribution in [1.29, 1.82) is 0 Å². The van der Waals surface area contributed by atoms with Gasteiger partial charge in [0.05, 0.1) is 10.6 Å². The molecule has 21 heavy (non-hydrogen) atoms. The lowest BCUT2D eigenvalue weighted by atomic mass is 10.1. The van der Waals surface area contributed by atoms with Crippen LogP contribution in [0.4, 0.5) is 10.1 Å². The van der Waals surface area contributed by atoms with Gasteiger partial charge in [-0.25, -0.2) is 9.37 Å². The lowest BCUT2D eigenvalue weighted by Crippen LogP contribution is -1.91. The minimum atomic E-state index is -0.450. The number of aryl methyl sites for hydroxylation is 1. The van der Waals surface area contributed by atoms with Gasteiger partial charge in [0.15, 0.2) is 11.6 Å². The van der Waals surface area contributed by atoms with Gasteiger partial charge < -0.3 is 5.73 Å². The molecule has 0 aliphatic rings. The summed E-state index contributed by atoms with van der Waals surface area (Å²) in [7, 11) is 0. The Balaban J connectivity index is 2.06. The van der Waals surface area contributed by atoms with Crippen molar-refractivity contribution >= 4 is 17.3 Å². The molecule has 0 aliphatic carbocycles. The molecule has 4 nitrogen and oxygen atoms in total. The number of rotatable bonds is 2. The fourth-order valence-corrected chi connectivity index (χ4v) is 2.26. The molecule has 3 rings (SSSR count). The fourth-order valence-electron chi connectivity index (χ4n) is 2.01. The number of nitrogens with one attached hydrogen (secondary N) is 1. The maximum Gasteiger partial charge on any atom is 0.181 e. The molecule has 2 aromatic carbocycles. The lowest BCUT2D eigenvalue weighted by Gasteiger charge is -2.02. The maximum atomic E-state index is 13.9. The summed E-state index contributed by atoms with van der Waals surface area (Å²) in [6.45, 7) is 1.92. The average Bonchev–Trinajstić information content (AvgIpc) is 2.91. The summed E-state index contributed by atoms with van der Waals surface area (Å²) in [5.41, 5.74) is 8.47. The number of hydrogen-bond acceptors (Lipinski definition) is 3. The van der Waals surface area contributed by atoms with E-state index in [2.05, 4.69) is 15.2 Å². The first-order chi connectivity index (χ1) is 10.1. The fraction of sp³-hybridized carbons (Fsp3) is 0.0667. The van der Waals surface area contributed by atoms with E-state index in [4.69, 9.17) is 17.3 Å². The average molecular weight is 303 g/mol. The number of H-pyrrole nitrogens is 1. The molecular formula is C15H12ClFN4. The summed E-state index contributed by atoms with van der Waals surface area (Å²) < 4.78 is 13.9. The van der Waals surface area contributed by atoms with Crippen LogP contribution < -0.4 is 5.73 Å². The highest BCUT2D eigenvalue weighted by Crippen LogP contribution is 2.29. The number of aromatic amines is 1. The van der Waals surface area contributed by atoms with E-state index in [0.29, 0.717) is 11.5 Å². The van der Waals surface area contributed by atoms with Crippen molar-refractivity contribution in [3.63, 3.8) is 0 Å². The second-order valence-electron chi connectivity index (χ2n) is 4.68. The molecule has 0 atom stereocenters. The Kier molecular flexibility index (Phi) is 3.35. The van der Waals surface area contributed by atoms with Gasteiger partial charge in [-0.05, 0) is 30.7 Å². The summed E-state index contributed by atoms with van der Waals surface area (Å²) in [5.74, 6) is 0.275. The van der Waals surface area contributed by atoms with E-state index in [-0.39, 0.29) is 16.4 Å². The molecule has 0 saturated heterocycles. The Morgan fingerprint density at radius 2 is 2.05 bits per heavy atom. The van der Waals surface area contributed by atoms with Gasteiger partial charge in [0.2, 0.25) is 0 Å². The number of halogens is 2. The predicted octanol–water partition coefficient (Wildman–Crippen LogP) is 3.82. The van der Waals surface area contributed by atoms with E-state index in [1.54, 1.807) is 18.2 Å². The molecule has 0 aliphatic heterocycles. The Labute approximate surface area is 125 Å². The van der Waals surface area contributed by atoms with Crippen molar-refractivity contribution in [2.75, 3.05) is 5.73 Å². The first-order valence-corrected chi connectivity index (χ1v) is 6.67. The third-order valence-electron chi connectivity index (χ3n) is 3.22. The van der Waals surface area contributed by atoms with E-state index < -0.39 is 5.82 Å². The molecular weight excluding hydrogens is 291 g/mol. The molecule has 3 N–H and O–H groups in total. The van der Waals surface area contributed by atoms with Gasteiger partial charge in [-0.15, -0.1) is 0 Å². The molecule has 0 amide bonds. The number of anilines is 1. The number of nitrogens with two attached hydrogens (primary N) is 1. The first kappa shape index (κ1) is 13.6. The zero-order valence-corrected chi connectivity index (χ0v) is 11.9. The van der Waals surface area contributed by atoms with E-state index in [1.807, 2.05) is 19.1 Å². The highest BCUT2D eigenvalue weighted by atomic mass is 35.5. The third kappa shape index (κ3) is 2.48. The van der Waals surface area contributed by atoms with Crippen molar-refractivity contribution in [2.45, 2.75) is 6.92 Å². The van der Waals surface area contributed by atoms with E-state index >= 15 is 0 Å². The van der Waals surface area contributed by atoms with Gasteiger partial charge in [-0.1, -0.05) is 29.8 Å². The van der Waals surface area contributed by atoms with Crippen molar-refractivity contribution in [3.05, 3.63) is 52.8 Å². The highest BCUT2D eigenvalue weighted by molar-refractivity contribution is 6.33. The van der Waals surface area contributed by atoms with Crippen LogP contribution in [0.25, 0.3) is 22.8 Å². The SMILES string of the molecule is Cc1ccc(-c2n[nH]c(-c3c(F)cccc3Cl)n2)cc1N. The van der Waals surface area contributed by atoms with Crippen LogP contribution in [0.1, 0.15) is 5.56 Å². The van der Waals surface area contributed by atoms with Gasteiger partial charge in [0.1, 0.15) is 5.82 Å². The van der Waals surface area contributed by atoms with Crippen molar-refractivity contribution in [1.82, 2.24) is 15.2 Å². The number of nitrogens with zero attached hydrogens (tertiary/aromatic N) is 2. The molecule has 0 fully saturated rings. The summed E-state index contributed by atoms with van der Waals surface area (Å²) in [6.07, 6.45) is 0. The van der Waals surface area contributed by atoms with Crippen LogP contribution in [0.5, 0.6) is 0 Å². The van der Waals surface area contributed by atoms with Gasteiger partial charge in [-0.2, -0.15) is 5.10 Å². The minimum absolute atomic E-state index is 0.206. The van der Waals surface area contributed by atoms with Crippen LogP contribution >= 0.6 is 11.6 Å². The summed E-state index contributed by atoms with van der Waals surface area (Å²) >= 11 is 6.02. The molecule has 1 aromatic heterocycles. The summed E-state index contributed by atoms with van der Waals surface area (Å²) in [6, 6.07) is 10.0. The van der Waals surface area contributed by atoms with Crippen LogP contribution in [0, 0.1) is 12.7 Å². The zero-order valence-electron chi connectivity index (χ0n) is 11.2. The molecule has 6 heteroatoms. The molecule has 3 aromatic rings. The first-order valence-electron chi connectivity index (χ1n) is 6.29. The highest BCUT2D eigenvalue weighted by Gasteiger charge is 2.15. The Morgan fingerprint density at radius 1 is 1.24 bits per heavy atom. The third-order valence-corrected chi connectivity index (χ3v) is 3.54. The zero-order chi connectivity index (χ0) is 15.0. The number of hydrogen-bond donors (Lipinski definition) is 2. The van der Waals surface area contributed by atoms with Crippen molar-refractivity contribution in [3.8, 4) is 22.8 Å². The summed E-state index contributed by atoms with van der Waals surface area (Å²) in [4.78, 5) is 4.30. The topological polar surface area (TPSA) is 67.6 Å².